The normalized spacial score (nSPS) is 22.6. The Bertz CT molecular complexity index is 758. The first-order chi connectivity index (χ1) is 12.8. The first-order valence-electron chi connectivity index (χ1n) is 9.18. The van der Waals surface area contributed by atoms with E-state index in [1.165, 1.54) is 19.6 Å². The SMILES string of the molecule is COc1ccc(C(=O)N2CCC3(CC2)C[C@@H](CNS(C)(=O)=O)CCO3)cn1. The summed E-state index contributed by atoms with van der Waals surface area (Å²) < 4.78 is 36.4. The van der Waals surface area contributed by atoms with Gasteiger partial charge in [0.05, 0.1) is 24.5 Å². The Kier molecular flexibility index (Phi) is 6.02. The Morgan fingerprint density at radius 3 is 2.74 bits per heavy atom. The van der Waals surface area contributed by atoms with E-state index in [-0.39, 0.29) is 17.4 Å². The summed E-state index contributed by atoms with van der Waals surface area (Å²) in [5, 5.41) is 0. The van der Waals surface area contributed by atoms with E-state index in [1.807, 2.05) is 4.90 Å². The van der Waals surface area contributed by atoms with Gasteiger partial charge in [-0.05, 0) is 37.7 Å². The van der Waals surface area contributed by atoms with Crippen molar-refractivity contribution in [3.63, 3.8) is 0 Å². The predicted molar refractivity (Wildman–Crippen MR) is 100 cm³/mol. The summed E-state index contributed by atoms with van der Waals surface area (Å²) in [6.07, 6.45) is 5.91. The monoisotopic (exact) mass is 397 g/mol. The number of aromatic nitrogens is 1. The number of likely N-dealkylation sites (tertiary alicyclic amines) is 1. The van der Waals surface area contributed by atoms with Crippen molar-refractivity contribution >= 4 is 15.9 Å². The number of nitrogens with zero attached hydrogens (tertiary/aromatic N) is 2. The van der Waals surface area contributed by atoms with E-state index in [4.69, 9.17) is 9.47 Å². The lowest BCUT2D eigenvalue weighted by atomic mass is 9.79. The second-order valence-electron chi connectivity index (χ2n) is 7.39. The van der Waals surface area contributed by atoms with Crippen molar-refractivity contribution in [2.24, 2.45) is 5.92 Å². The van der Waals surface area contributed by atoms with Crippen molar-refractivity contribution in [3.8, 4) is 5.88 Å². The van der Waals surface area contributed by atoms with Crippen LogP contribution in [0.2, 0.25) is 0 Å². The van der Waals surface area contributed by atoms with Gasteiger partial charge in [0.15, 0.2) is 0 Å². The fourth-order valence-electron chi connectivity index (χ4n) is 3.85. The van der Waals surface area contributed by atoms with Crippen molar-refractivity contribution in [3.05, 3.63) is 23.9 Å². The molecule has 1 N–H and O–H groups in total. The van der Waals surface area contributed by atoms with Crippen LogP contribution in [0.3, 0.4) is 0 Å². The number of hydrogen-bond donors (Lipinski definition) is 1. The first-order valence-corrected chi connectivity index (χ1v) is 11.1. The van der Waals surface area contributed by atoms with Gasteiger partial charge in [0, 0.05) is 38.5 Å². The predicted octanol–water partition coefficient (Wildman–Crippen LogP) is 1.04. The molecule has 9 heteroatoms. The molecule has 27 heavy (non-hydrogen) atoms. The Labute approximate surface area is 160 Å². The number of ether oxygens (including phenoxy) is 2. The molecule has 1 spiro atoms. The van der Waals surface area contributed by atoms with E-state index < -0.39 is 10.0 Å². The molecular weight excluding hydrogens is 370 g/mol. The van der Waals surface area contributed by atoms with E-state index in [0.29, 0.717) is 37.7 Å². The Morgan fingerprint density at radius 2 is 2.15 bits per heavy atom. The standard InChI is InChI=1S/C18H27N3O5S/c1-25-16-4-3-15(13-19-16)17(22)21-8-6-18(7-9-21)11-14(5-10-26-18)12-20-27(2,23)24/h3-4,13-14,20H,5-12H2,1-2H3/t14-/m0/s1. The molecule has 1 aromatic rings. The number of carbonyl (C=O) groups excluding carboxylic acids is 1. The zero-order valence-corrected chi connectivity index (χ0v) is 16.6. The number of sulfonamides is 1. The number of hydrogen-bond acceptors (Lipinski definition) is 6. The summed E-state index contributed by atoms with van der Waals surface area (Å²) in [5.41, 5.74) is 0.295. The van der Waals surface area contributed by atoms with Crippen LogP contribution in [0.15, 0.2) is 18.3 Å². The van der Waals surface area contributed by atoms with Gasteiger partial charge in [0.25, 0.3) is 5.91 Å². The van der Waals surface area contributed by atoms with E-state index in [9.17, 15) is 13.2 Å². The number of rotatable bonds is 5. The van der Waals surface area contributed by atoms with E-state index in [0.717, 1.165) is 25.7 Å². The molecule has 3 rings (SSSR count). The van der Waals surface area contributed by atoms with Crippen molar-refractivity contribution < 1.29 is 22.7 Å². The summed E-state index contributed by atoms with van der Waals surface area (Å²) in [7, 11) is -1.64. The molecular formula is C18H27N3O5S. The second kappa shape index (κ2) is 8.12. The largest absolute Gasteiger partial charge is 0.481 e. The molecule has 0 aromatic carbocycles. The minimum absolute atomic E-state index is 0.0360. The number of amides is 1. The Morgan fingerprint density at radius 1 is 1.41 bits per heavy atom. The van der Waals surface area contributed by atoms with Crippen LogP contribution in [-0.4, -0.2) is 69.4 Å². The average Bonchev–Trinajstić information content (AvgIpc) is 2.66. The van der Waals surface area contributed by atoms with Crippen molar-refractivity contribution in [2.75, 3.05) is 39.6 Å². The lowest BCUT2D eigenvalue weighted by Gasteiger charge is -2.46. The maximum absolute atomic E-state index is 12.7. The van der Waals surface area contributed by atoms with Crippen LogP contribution in [0.25, 0.3) is 0 Å². The van der Waals surface area contributed by atoms with Gasteiger partial charge >= 0.3 is 0 Å². The third kappa shape index (κ3) is 5.18. The minimum Gasteiger partial charge on any atom is -0.481 e. The number of nitrogens with one attached hydrogen (secondary N) is 1. The van der Waals surface area contributed by atoms with Crippen LogP contribution < -0.4 is 9.46 Å². The molecule has 1 atom stereocenters. The van der Waals surface area contributed by atoms with Crippen LogP contribution in [0.5, 0.6) is 5.88 Å². The third-order valence-electron chi connectivity index (χ3n) is 5.38. The Balaban J connectivity index is 1.56. The topological polar surface area (TPSA) is 97.8 Å². The summed E-state index contributed by atoms with van der Waals surface area (Å²) in [6, 6.07) is 3.41. The fraction of sp³-hybridized carbons (Fsp3) is 0.667. The fourth-order valence-corrected chi connectivity index (χ4v) is 4.39. The van der Waals surface area contributed by atoms with Crippen molar-refractivity contribution in [1.82, 2.24) is 14.6 Å². The van der Waals surface area contributed by atoms with Crippen LogP contribution in [0.4, 0.5) is 0 Å². The van der Waals surface area contributed by atoms with Gasteiger partial charge in [0.1, 0.15) is 0 Å². The van der Waals surface area contributed by atoms with Gasteiger partial charge in [-0.2, -0.15) is 0 Å². The van der Waals surface area contributed by atoms with E-state index in [1.54, 1.807) is 12.1 Å². The van der Waals surface area contributed by atoms with Gasteiger partial charge in [-0.1, -0.05) is 0 Å². The first kappa shape index (κ1) is 20.0. The Hall–Kier alpha value is -1.71. The molecule has 2 saturated heterocycles. The number of pyridine rings is 1. The second-order valence-corrected chi connectivity index (χ2v) is 9.23. The molecule has 2 aliphatic heterocycles. The maximum atomic E-state index is 12.7. The number of methoxy groups -OCH3 is 1. The van der Waals surface area contributed by atoms with Gasteiger partial charge < -0.3 is 14.4 Å². The van der Waals surface area contributed by atoms with Crippen LogP contribution >= 0.6 is 0 Å². The molecule has 0 saturated carbocycles. The summed E-state index contributed by atoms with van der Waals surface area (Å²) in [5.74, 6) is 0.709. The average molecular weight is 397 g/mol. The molecule has 0 unspecified atom stereocenters. The minimum atomic E-state index is -3.18. The van der Waals surface area contributed by atoms with Crippen LogP contribution in [0, 0.1) is 5.92 Å². The molecule has 3 heterocycles. The van der Waals surface area contributed by atoms with Crippen LogP contribution in [0.1, 0.15) is 36.0 Å². The zero-order chi connectivity index (χ0) is 19.5. The van der Waals surface area contributed by atoms with E-state index in [2.05, 4.69) is 9.71 Å². The number of piperidine rings is 1. The highest BCUT2D eigenvalue weighted by atomic mass is 32.2. The van der Waals surface area contributed by atoms with Gasteiger partial charge in [-0.3, -0.25) is 4.79 Å². The lowest BCUT2D eigenvalue weighted by molar-refractivity contribution is -0.122. The van der Waals surface area contributed by atoms with Crippen LogP contribution in [-0.2, 0) is 14.8 Å². The lowest BCUT2D eigenvalue weighted by Crippen LogP contribution is -2.51. The van der Waals surface area contributed by atoms with Crippen molar-refractivity contribution in [1.29, 1.82) is 0 Å². The molecule has 0 aliphatic carbocycles. The molecule has 2 fully saturated rings. The summed E-state index contributed by atoms with van der Waals surface area (Å²) in [4.78, 5) is 18.6. The highest BCUT2D eigenvalue weighted by Gasteiger charge is 2.41. The van der Waals surface area contributed by atoms with Gasteiger partial charge in [0.2, 0.25) is 15.9 Å². The highest BCUT2D eigenvalue weighted by Crippen LogP contribution is 2.37. The quantitative estimate of drug-likeness (QED) is 0.797. The molecule has 1 aromatic heterocycles. The maximum Gasteiger partial charge on any atom is 0.255 e. The third-order valence-corrected chi connectivity index (χ3v) is 6.07. The highest BCUT2D eigenvalue weighted by molar-refractivity contribution is 7.88. The smallest absolute Gasteiger partial charge is 0.255 e. The van der Waals surface area contributed by atoms with Gasteiger partial charge in [-0.25, -0.2) is 18.1 Å². The summed E-state index contributed by atoms with van der Waals surface area (Å²) in [6.45, 7) is 2.32. The van der Waals surface area contributed by atoms with E-state index >= 15 is 0 Å². The molecule has 150 valence electrons. The molecule has 0 radical (unpaired) electrons. The number of carbonyl (C=O) groups is 1. The van der Waals surface area contributed by atoms with Crippen molar-refractivity contribution in [2.45, 2.75) is 31.3 Å². The molecule has 2 aliphatic rings. The summed E-state index contributed by atoms with van der Waals surface area (Å²) >= 11 is 0. The molecule has 1 amide bonds. The molecule has 8 nitrogen and oxygen atoms in total. The molecule has 0 bridgehead atoms. The zero-order valence-electron chi connectivity index (χ0n) is 15.8. The van der Waals surface area contributed by atoms with Gasteiger partial charge in [-0.15, -0.1) is 0 Å².